The summed E-state index contributed by atoms with van der Waals surface area (Å²) < 4.78 is 0. The van der Waals surface area contributed by atoms with Gasteiger partial charge in [-0.2, -0.15) is 0 Å². The molecule has 0 aliphatic heterocycles. The van der Waals surface area contributed by atoms with Crippen molar-refractivity contribution in [3.05, 3.63) is 28.5 Å². The van der Waals surface area contributed by atoms with Crippen LogP contribution in [0.1, 0.15) is 42.1 Å². The maximum absolute atomic E-state index is 11.1. The highest BCUT2D eigenvalue weighted by molar-refractivity contribution is 7.15. The lowest BCUT2D eigenvalue weighted by molar-refractivity contribution is -0.114. The first kappa shape index (κ1) is 17.9. The summed E-state index contributed by atoms with van der Waals surface area (Å²) >= 11 is 3.01. The fourth-order valence-corrected chi connectivity index (χ4v) is 4.96. The highest BCUT2D eigenvalue weighted by Crippen LogP contribution is 2.41. The second-order valence-corrected chi connectivity index (χ2v) is 8.48. The molecule has 4 rings (SSSR count). The van der Waals surface area contributed by atoms with Crippen LogP contribution in [-0.4, -0.2) is 36.3 Å². The number of nitrogens with zero attached hydrogens (tertiary/aromatic N) is 6. The van der Waals surface area contributed by atoms with E-state index < -0.39 is 0 Å². The fourth-order valence-electron chi connectivity index (χ4n) is 3.18. The molecule has 2 N–H and O–H groups in total. The molecule has 9 nitrogen and oxygen atoms in total. The molecule has 2 atom stereocenters. The molecule has 1 aliphatic carbocycles. The molecule has 140 valence electrons. The maximum Gasteiger partial charge on any atom is 0.228 e. The highest BCUT2D eigenvalue weighted by Gasteiger charge is 2.29. The molecule has 1 fully saturated rings. The lowest BCUT2D eigenvalue weighted by Gasteiger charge is -2.06. The van der Waals surface area contributed by atoms with Crippen LogP contribution in [0.3, 0.4) is 0 Å². The van der Waals surface area contributed by atoms with Crippen molar-refractivity contribution >= 4 is 44.8 Å². The molecule has 11 heteroatoms. The van der Waals surface area contributed by atoms with Gasteiger partial charge in [-0.25, -0.2) is 9.97 Å². The minimum absolute atomic E-state index is 0.125. The standard InChI is InChI=1S/C16H18N8OS2/c1-9(25)19-15-23-21-12(26-15)8-10-3-4-11(7-10)13-22-24-16(27-13)20-14-17-5-2-6-18-14/h2,5-6,10-11H,3-4,7-8H2,1H3,(H,19,23,25)(H,17,18,20,24)/t10-,11+/m0/s1. The molecular formula is C16H18N8OS2. The zero-order valence-electron chi connectivity index (χ0n) is 14.6. The Kier molecular flexibility index (Phi) is 5.30. The van der Waals surface area contributed by atoms with Gasteiger partial charge in [-0.3, -0.25) is 10.1 Å². The van der Waals surface area contributed by atoms with Crippen molar-refractivity contribution in [3.8, 4) is 0 Å². The van der Waals surface area contributed by atoms with Gasteiger partial charge in [-0.1, -0.05) is 22.7 Å². The van der Waals surface area contributed by atoms with Crippen LogP contribution >= 0.6 is 22.7 Å². The van der Waals surface area contributed by atoms with Gasteiger partial charge in [0, 0.05) is 31.7 Å². The van der Waals surface area contributed by atoms with Crippen molar-refractivity contribution in [2.45, 2.75) is 38.5 Å². The van der Waals surface area contributed by atoms with E-state index in [1.165, 1.54) is 18.3 Å². The minimum atomic E-state index is -0.125. The number of hydrogen-bond acceptors (Lipinski definition) is 10. The summed E-state index contributed by atoms with van der Waals surface area (Å²) in [6.45, 7) is 1.47. The summed E-state index contributed by atoms with van der Waals surface area (Å²) in [5.74, 6) is 1.37. The Bertz CT molecular complexity index is 912. The molecular weight excluding hydrogens is 384 g/mol. The van der Waals surface area contributed by atoms with Crippen LogP contribution < -0.4 is 10.6 Å². The summed E-state index contributed by atoms with van der Waals surface area (Å²) in [6.07, 6.45) is 7.54. The molecule has 1 saturated carbocycles. The highest BCUT2D eigenvalue weighted by atomic mass is 32.1. The van der Waals surface area contributed by atoms with Gasteiger partial charge < -0.3 is 5.32 Å². The van der Waals surface area contributed by atoms with Crippen molar-refractivity contribution in [3.63, 3.8) is 0 Å². The Hall–Kier alpha value is -2.53. The number of carbonyl (C=O) groups is 1. The van der Waals surface area contributed by atoms with Gasteiger partial charge >= 0.3 is 0 Å². The Labute approximate surface area is 163 Å². The maximum atomic E-state index is 11.1. The minimum Gasteiger partial charge on any atom is -0.301 e. The lowest BCUT2D eigenvalue weighted by atomic mass is 10.0. The fraction of sp³-hybridized carbons (Fsp3) is 0.438. The van der Waals surface area contributed by atoms with Crippen LogP contribution in [0.5, 0.6) is 0 Å². The first-order valence-electron chi connectivity index (χ1n) is 8.63. The zero-order chi connectivity index (χ0) is 18.6. The van der Waals surface area contributed by atoms with Gasteiger partial charge in [0.1, 0.15) is 10.0 Å². The van der Waals surface area contributed by atoms with E-state index >= 15 is 0 Å². The molecule has 0 bridgehead atoms. The number of aromatic nitrogens is 6. The van der Waals surface area contributed by atoms with Crippen LogP contribution in [0, 0.1) is 5.92 Å². The van der Waals surface area contributed by atoms with Gasteiger partial charge in [0.05, 0.1) is 0 Å². The molecule has 0 aromatic carbocycles. The number of hydrogen-bond donors (Lipinski definition) is 2. The molecule has 0 spiro atoms. The SMILES string of the molecule is CC(=O)Nc1nnc(C[C@H]2CC[C@@H](c3nnc(Nc4ncccn4)s3)C2)s1. The topological polar surface area (TPSA) is 118 Å². The quantitative estimate of drug-likeness (QED) is 0.646. The third kappa shape index (κ3) is 4.61. The Balaban J connectivity index is 1.33. The average molecular weight is 403 g/mol. The van der Waals surface area contributed by atoms with E-state index in [0.717, 1.165) is 35.7 Å². The monoisotopic (exact) mass is 402 g/mol. The van der Waals surface area contributed by atoms with E-state index in [1.54, 1.807) is 29.8 Å². The van der Waals surface area contributed by atoms with E-state index in [0.29, 0.717) is 28.0 Å². The first-order chi connectivity index (χ1) is 13.2. The first-order valence-corrected chi connectivity index (χ1v) is 10.3. The third-order valence-electron chi connectivity index (χ3n) is 4.33. The Morgan fingerprint density at radius 3 is 2.74 bits per heavy atom. The summed E-state index contributed by atoms with van der Waals surface area (Å²) in [5, 5.41) is 25.8. The van der Waals surface area contributed by atoms with E-state index in [4.69, 9.17) is 0 Å². The van der Waals surface area contributed by atoms with Gasteiger partial charge in [0.15, 0.2) is 0 Å². The molecule has 27 heavy (non-hydrogen) atoms. The summed E-state index contributed by atoms with van der Waals surface area (Å²) in [5.41, 5.74) is 0. The number of carbonyl (C=O) groups excluding carboxylic acids is 1. The molecule has 3 heterocycles. The Morgan fingerprint density at radius 1 is 1.11 bits per heavy atom. The van der Waals surface area contributed by atoms with Gasteiger partial charge in [-0.05, 0) is 31.2 Å². The van der Waals surface area contributed by atoms with Gasteiger partial charge in [0.25, 0.3) is 0 Å². The predicted molar refractivity (Wildman–Crippen MR) is 103 cm³/mol. The molecule has 1 amide bonds. The average Bonchev–Trinajstić information content (AvgIpc) is 3.37. The normalized spacial score (nSPS) is 19.1. The van der Waals surface area contributed by atoms with Crippen LogP contribution in [0.2, 0.25) is 0 Å². The van der Waals surface area contributed by atoms with Crippen molar-refractivity contribution in [1.29, 1.82) is 0 Å². The van der Waals surface area contributed by atoms with Crippen LogP contribution in [0.4, 0.5) is 16.2 Å². The summed E-state index contributed by atoms with van der Waals surface area (Å²) in [6, 6.07) is 1.77. The summed E-state index contributed by atoms with van der Waals surface area (Å²) in [4.78, 5) is 19.4. The second kappa shape index (κ2) is 8.01. The third-order valence-corrected chi connectivity index (χ3v) is 6.19. The molecule has 0 unspecified atom stereocenters. The van der Waals surface area contributed by atoms with Gasteiger partial charge in [0.2, 0.25) is 22.1 Å². The van der Waals surface area contributed by atoms with Crippen molar-refractivity contribution < 1.29 is 4.79 Å². The van der Waals surface area contributed by atoms with Crippen molar-refractivity contribution in [2.24, 2.45) is 5.92 Å². The number of nitrogens with one attached hydrogen (secondary N) is 2. The zero-order valence-corrected chi connectivity index (χ0v) is 16.3. The predicted octanol–water partition coefficient (Wildman–Crippen LogP) is 3.01. The van der Waals surface area contributed by atoms with Crippen molar-refractivity contribution in [1.82, 2.24) is 30.4 Å². The number of amides is 1. The van der Waals surface area contributed by atoms with Crippen LogP contribution in [0.25, 0.3) is 0 Å². The van der Waals surface area contributed by atoms with E-state index in [9.17, 15) is 4.79 Å². The van der Waals surface area contributed by atoms with E-state index in [-0.39, 0.29) is 5.91 Å². The lowest BCUT2D eigenvalue weighted by Crippen LogP contribution is -2.04. The molecule has 1 aliphatic rings. The van der Waals surface area contributed by atoms with E-state index in [1.807, 2.05) is 0 Å². The molecule has 3 aromatic heterocycles. The Morgan fingerprint density at radius 2 is 1.93 bits per heavy atom. The van der Waals surface area contributed by atoms with E-state index in [2.05, 4.69) is 41.0 Å². The molecule has 3 aromatic rings. The summed E-state index contributed by atoms with van der Waals surface area (Å²) in [7, 11) is 0. The second-order valence-electron chi connectivity index (χ2n) is 6.41. The molecule has 0 radical (unpaired) electrons. The van der Waals surface area contributed by atoms with Gasteiger partial charge in [-0.15, -0.1) is 20.4 Å². The van der Waals surface area contributed by atoms with Crippen molar-refractivity contribution in [2.75, 3.05) is 10.6 Å². The number of anilines is 3. The smallest absolute Gasteiger partial charge is 0.228 e. The molecule has 0 saturated heterocycles. The van der Waals surface area contributed by atoms with Crippen LogP contribution in [0.15, 0.2) is 18.5 Å². The van der Waals surface area contributed by atoms with Crippen LogP contribution in [-0.2, 0) is 11.2 Å². The largest absolute Gasteiger partial charge is 0.301 e. The number of rotatable bonds is 6.